The molecule has 1 aromatic carbocycles. The van der Waals surface area contributed by atoms with Crippen LogP contribution in [0.1, 0.15) is 23.7 Å². The lowest BCUT2D eigenvalue weighted by atomic mass is 10.0. The van der Waals surface area contributed by atoms with E-state index in [-0.39, 0.29) is 29.7 Å². The number of halogens is 2. The standard InChI is InChI=1S/C12H12F2O6/c13-12(14)20-8-4-6(1-2-9(15)16)3-7(5-8)10(17)11(18)19/h3-5,10,12,17H,1-2H2,(H,15,16)(H,18,19). The molecule has 0 fully saturated rings. The summed E-state index contributed by atoms with van der Waals surface area (Å²) in [4.78, 5) is 21.1. The molecule has 0 saturated heterocycles. The van der Waals surface area contributed by atoms with Crippen LogP contribution in [0.4, 0.5) is 8.78 Å². The van der Waals surface area contributed by atoms with E-state index in [2.05, 4.69) is 4.74 Å². The molecular formula is C12H12F2O6. The average molecular weight is 290 g/mol. The molecule has 1 rings (SSSR count). The van der Waals surface area contributed by atoms with Crippen molar-refractivity contribution in [2.24, 2.45) is 0 Å². The first-order valence-electron chi connectivity index (χ1n) is 5.51. The van der Waals surface area contributed by atoms with Crippen LogP contribution in [0.5, 0.6) is 5.75 Å². The summed E-state index contributed by atoms with van der Waals surface area (Å²) >= 11 is 0. The minimum Gasteiger partial charge on any atom is -0.481 e. The van der Waals surface area contributed by atoms with Crippen LogP contribution in [0, 0.1) is 0 Å². The highest BCUT2D eigenvalue weighted by Crippen LogP contribution is 2.24. The summed E-state index contributed by atoms with van der Waals surface area (Å²) in [5.41, 5.74) is 0.122. The van der Waals surface area contributed by atoms with E-state index in [0.29, 0.717) is 0 Å². The van der Waals surface area contributed by atoms with Crippen molar-refractivity contribution >= 4 is 11.9 Å². The number of rotatable bonds is 7. The number of hydrogen-bond acceptors (Lipinski definition) is 4. The smallest absolute Gasteiger partial charge is 0.387 e. The Kier molecular flexibility index (Phi) is 5.39. The lowest BCUT2D eigenvalue weighted by Crippen LogP contribution is -2.12. The number of aliphatic hydroxyl groups excluding tert-OH is 1. The van der Waals surface area contributed by atoms with Crippen LogP contribution in [0.3, 0.4) is 0 Å². The van der Waals surface area contributed by atoms with Crippen molar-refractivity contribution in [1.82, 2.24) is 0 Å². The lowest BCUT2D eigenvalue weighted by Gasteiger charge is -2.12. The molecule has 0 aromatic heterocycles. The molecule has 6 nitrogen and oxygen atoms in total. The Balaban J connectivity index is 3.06. The van der Waals surface area contributed by atoms with Gasteiger partial charge < -0.3 is 20.1 Å². The lowest BCUT2D eigenvalue weighted by molar-refractivity contribution is -0.147. The van der Waals surface area contributed by atoms with Gasteiger partial charge >= 0.3 is 18.6 Å². The Bertz CT molecular complexity index is 503. The first-order valence-corrected chi connectivity index (χ1v) is 5.51. The van der Waals surface area contributed by atoms with E-state index in [9.17, 15) is 23.5 Å². The van der Waals surface area contributed by atoms with E-state index >= 15 is 0 Å². The van der Waals surface area contributed by atoms with E-state index in [1.54, 1.807) is 0 Å². The Labute approximate surface area is 112 Å². The molecule has 0 radical (unpaired) electrons. The van der Waals surface area contributed by atoms with Gasteiger partial charge in [-0.1, -0.05) is 6.07 Å². The molecule has 1 unspecified atom stereocenters. The van der Waals surface area contributed by atoms with Crippen LogP contribution in [0.15, 0.2) is 18.2 Å². The zero-order valence-electron chi connectivity index (χ0n) is 10.1. The van der Waals surface area contributed by atoms with Gasteiger partial charge in [0.05, 0.1) is 0 Å². The number of ether oxygens (including phenoxy) is 1. The zero-order valence-corrected chi connectivity index (χ0v) is 10.1. The summed E-state index contributed by atoms with van der Waals surface area (Å²) in [6.07, 6.45) is -2.17. The third-order valence-electron chi connectivity index (χ3n) is 2.39. The van der Waals surface area contributed by atoms with Crippen LogP contribution in [0.25, 0.3) is 0 Å². The number of hydrogen-bond donors (Lipinski definition) is 3. The van der Waals surface area contributed by atoms with Gasteiger partial charge in [0, 0.05) is 6.42 Å². The third kappa shape index (κ3) is 4.81. The predicted octanol–water partition coefficient (Wildman–Crippen LogP) is 1.42. The SMILES string of the molecule is O=C(O)CCc1cc(OC(F)F)cc(C(O)C(=O)O)c1. The molecule has 1 atom stereocenters. The fourth-order valence-corrected chi connectivity index (χ4v) is 1.55. The molecular weight excluding hydrogens is 278 g/mol. The van der Waals surface area contributed by atoms with Crippen LogP contribution in [-0.2, 0) is 16.0 Å². The van der Waals surface area contributed by atoms with Crippen molar-refractivity contribution in [3.05, 3.63) is 29.3 Å². The van der Waals surface area contributed by atoms with Gasteiger partial charge in [-0.2, -0.15) is 8.78 Å². The van der Waals surface area contributed by atoms with Crippen molar-refractivity contribution in [3.63, 3.8) is 0 Å². The first-order chi connectivity index (χ1) is 9.29. The Morgan fingerprint density at radius 1 is 1.20 bits per heavy atom. The van der Waals surface area contributed by atoms with Gasteiger partial charge in [-0.3, -0.25) is 4.79 Å². The van der Waals surface area contributed by atoms with E-state index < -0.39 is 24.7 Å². The summed E-state index contributed by atoms with van der Waals surface area (Å²) in [5.74, 6) is -2.98. The van der Waals surface area contributed by atoms with Crippen molar-refractivity contribution < 1.29 is 38.4 Å². The maximum Gasteiger partial charge on any atom is 0.387 e. The third-order valence-corrected chi connectivity index (χ3v) is 2.39. The second-order valence-electron chi connectivity index (χ2n) is 3.92. The number of benzene rings is 1. The van der Waals surface area contributed by atoms with Gasteiger partial charge in [-0.05, 0) is 29.7 Å². The molecule has 0 amide bonds. The molecule has 3 N–H and O–H groups in total. The monoisotopic (exact) mass is 290 g/mol. The first kappa shape index (κ1) is 15.8. The average Bonchev–Trinajstić information content (AvgIpc) is 2.34. The normalized spacial score (nSPS) is 12.2. The molecule has 20 heavy (non-hydrogen) atoms. The second-order valence-corrected chi connectivity index (χ2v) is 3.92. The number of carbonyl (C=O) groups is 2. The van der Waals surface area contributed by atoms with E-state index in [1.165, 1.54) is 12.1 Å². The molecule has 110 valence electrons. The number of alkyl halides is 2. The molecule has 0 spiro atoms. The maximum absolute atomic E-state index is 12.2. The number of aryl methyl sites for hydroxylation is 1. The molecule has 0 aliphatic carbocycles. The van der Waals surface area contributed by atoms with Crippen LogP contribution in [-0.4, -0.2) is 33.9 Å². The van der Waals surface area contributed by atoms with Crippen LogP contribution in [0.2, 0.25) is 0 Å². The zero-order chi connectivity index (χ0) is 15.3. The Morgan fingerprint density at radius 3 is 2.35 bits per heavy atom. The second kappa shape index (κ2) is 6.80. The number of aliphatic hydroxyl groups is 1. The quantitative estimate of drug-likeness (QED) is 0.701. The van der Waals surface area contributed by atoms with Crippen LogP contribution < -0.4 is 4.74 Å². The molecule has 0 bridgehead atoms. The largest absolute Gasteiger partial charge is 0.481 e. The van der Waals surface area contributed by atoms with E-state index in [0.717, 1.165) is 6.07 Å². The number of carboxylic acids is 2. The Morgan fingerprint density at radius 2 is 1.85 bits per heavy atom. The maximum atomic E-state index is 12.2. The number of carboxylic acid groups (broad SMARTS) is 2. The Hall–Kier alpha value is -2.22. The molecule has 1 aromatic rings. The van der Waals surface area contributed by atoms with E-state index in [1.807, 2.05) is 0 Å². The van der Waals surface area contributed by atoms with Crippen molar-refractivity contribution in [2.75, 3.05) is 0 Å². The minimum atomic E-state index is -3.11. The molecule has 0 saturated carbocycles. The van der Waals surface area contributed by atoms with Gasteiger partial charge in [0.1, 0.15) is 5.75 Å². The van der Waals surface area contributed by atoms with Gasteiger partial charge in [0.15, 0.2) is 6.10 Å². The highest BCUT2D eigenvalue weighted by molar-refractivity contribution is 5.74. The predicted molar refractivity (Wildman–Crippen MR) is 61.6 cm³/mol. The van der Waals surface area contributed by atoms with Crippen molar-refractivity contribution in [2.45, 2.75) is 25.6 Å². The van der Waals surface area contributed by atoms with Crippen molar-refractivity contribution in [3.8, 4) is 5.75 Å². The fraction of sp³-hybridized carbons (Fsp3) is 0.333. The topological polar surface area (TPSA) is 104 Å². The van der Waals surface area contributed by atoms with Gasteiger partial charge in [-0.15, -0.1) is 0 Å². The van der Waals surface area contributed by atoms with Crippen molar-refractivity contribution in [1.29, 1.82) is 0 Å². The summed E-state index contributed by atoms with van der Waals surface area (Å²) in [6.45, 7) is -3.11. The highest BCUT2D eigenvalue weighted by Gasteiger charge is 2.18. The molecule has 0 aliphatic heterocycles. The molecule has 0 aliphatic rings. The summed E-state index contributed by atoms with van der Waals surface area (Å²) < 4.78 is 28.5. The van der Waals surface area contributed by atoms with E-state index in [4.69, 9.17) is 10.2 Å². The highest BCUT2D eigenvalue weighted by atomic mass is 19.3. The van der Waals surface area contributed by atoms with Gasteiger partial charge in [-0.25, -0.2) is 4.79 Å². The summed E-state index contributed by atoms with van der Waals surface area (Å²) in [5, 5.41) is 26.6. The number of aliphatic carboxylic acids is 2. The molecule has 8 heteroatoms. The fourth-order valence-electron chi connectivity index (χ4n) is 1.55. The van der Waals surface area contributed by atoms with Gasteiger partial charge in [0.2, 0.25) is 0 Å². The molecule has 0 heterocycles. The minimum absolute atomic E-state index is 0.00485. The summed E-state index contributed by atoms with van der Waals surface area (Å²) in [7, 11) is 0. The summed E-state index contributed by atoms with van der Waals surface area (Å²) in [6, 6.07) is 3.38. The van der Waals surface area contributed by atoms with Crippen LogP contribution >= 0.6 is 0 Å². The van der Waals surface area contributed by atoms with Gasteiger partial charge in [0.25, 0.3) is 0 Å².